The van der Waals surface area contributed by atoms with Crippen LogP contribution in [-0.4, -0.2) is 0 Å². The minimum absolute atomic E-state index is 0.845. The summed E-state index contributed by atoms with van der Waals surface area (Å²) in [5.74, 6) is 3.58. The lowest BCUT2D eigenvalue weighted by atomic mass is 9.73. The molecule has 0 radical (unpaired) electrons. The Morgan fingerprint density at radius 3 is 1.29 bits per heavy atom. The van der Waals surface area contributed by atoms with E-state index < -0.39 is 0 Å². The first kappa shape index (κ1) is 14.0. The van der Waals surface area contributed by atoms with E-state index in [1.807, 2.05) is 0 Å². The van der Waals surface area contributed by atoms with Gasteiger partial charge < -0.3 is 0 Å². The Hall–Kier alpha value is 0. The quantitative estimate of drug-likeness (QED) is 0.532. The van der Waals surface area contributed by atoms with Crippen LogP contribution in [0.5, 0.6) is 0 Å². The number of rotatable bonds is 7. The fraction of sp³-hybridized carbons (Fsp3) is 1.00. The van der Waals surface area contributed by atoms with Crippen LogP contribution in [0.25, 0.3) is 0 Å². The molecule has 0 saturated carbocycles. The molecule has 0 saturated heterocycles. The molecule has 0 N–H and O–H groups in total. The van der Waals surface area contributed by atoms with Gasteiger partial charge in [0.15, 0.2) is 0 Å². The summed E-state index contributed by atoms with van der Waals surface area (Å²) in [6.45, 7) is 14.3. The van der Waals surface area contributed by atoms with Crippen molar-refractivity contribution in [3.05, 3.63) is 0 Å². The van der Waals surface area contributed by atoms with Gasteiger partial charge >= 0.3 is 0 Å². The maximum atomic E-state index is 2.44. The summed E-state index contributed by atoms with van der Waals surface area (Å²) in [5.41, 5.74) is 0. The van der Waals surface area contributed by atoms with Gasteiger partial charge in [-0.1, -0.05) is 67.2 Å². The Labute approximate surface area is 91.5 Å². The zero-order valence-electron chi connectivity index (χ0n) is 11.1. The maximum absolute atomic E-state index is 2.44. The molecule has 0 aromatic rings. The summed E-state index contributed by atoms with van der Waals surface area (Å²) in [5, 5.41) is 0. The fourth-order valence-corrected chi connectivity index (χ4v) is 3.17. The first-order valence-corrected chi connectivity index (χ1v) is 6.54. The zero-order chi connectivity index (χ0) is 11.1. The molecule has 0 heterocycles. The Kier molecular flexibility index (Phi) is 7.31. The average Bonchev–Trinajstić information content (AvgIpc) is 2.04. The summed E-state index contributed by atoms with van der Waals surface area (Å²) >= 11 is 0. The summed E-state index contributed by atoms with van der Waals surface area (Å²) in [6.07, 6.45) is 5.47. The lowest BCUT2D eigenvalue weighted by molar-refractivity contribution is 0.169. The lowest BCUT2D eigenvalue weighted by Crippen LogP contribution is -2.25. The third kappa shape index (κ3) is 4.48. The molecule has 0 fully saturated rings. The van der Waals surface area contributed by atoms with Gasteiger partial charge in [0, 0.05) is 0 Å². The van der Waals surface area contributed by atoms with Gasteiger partial charge in [0.25, 0.3) is 0 Å². The molecule has 0 aliphatic rings. The molecular weight excluding hydrogens is 168 g/mol. The predicted octanol–water partition coefficient (Wildman–Crippen LogP) is 5.13. The molecular formula is C14H30. The van der Waals surface area contributed by atoms with Crippen LogP contribution in [0.4, 0.5) is 0 Å². The van der Waals surface area contributed by atoms with Crippen LogP contribution >= 0.6 is 0 Å². The van der Waals surface area contributed by atoms with Crippen LogP contribution in [0, 0.1) is 23.7 Å². The largest absolute Gasteiger partial charge is 0.0654 e. The van der Waals surface area contributed by atoms with E-state index in [0.29, 0.717) is 0 Å². The van der Waals surface area contributed by atoms with Crippen molar-refractivity contribution >= 4 is 0 Å². The second-order valence-electron chi connectivity index (χ2n) is 5.35. The fourth-order valence-electron chi connectivity index (χ4n) is 3.17. The topological polar surface area (TPSA) is 0 Å². The highest BCUT2D eigenvalue weighted by Crippen LogP contribution is 2.33. The van der Waals surface area contributed by atoms with Gasteiger partial charge in [0.05, 0.1) is 0 Å². The van der Waals surface area contributed by atoms with Gasteiger partial charge in [-0.2, -0.15) is 0 Å². The van der Waals surface area contributed by atoms with E-state index in [0.717, 1.165) is 23.7 Å². The molecule has 0 bridgehead atoms. The summed E-state index contributed by atoms with van der Waals surface area (Å²) in [7, 11) is 0. The van der Waals surface area contributed by atoms with E-state index in [1.54, 1.807) is 0 Å². The van der Waals surface area contributed by atoms with Gasteiger partial charge in [-0.3, -0.25) is 0 Å². The highest BCUT2D eigenvalue weighted by atomic mass is 14.3. The van der Waals surface area contributed by atoms with Crippen molar-refractivity contribution in [2.45, 2.75) is 67.2 Å². The maximum Gasteiger partial charge on any atom is -0.0340 e. The van der Waals surface area contributed by atoms with Crippen LogP contribution in [0.15, 0.2) is 0 Å². The van der Waals surface area contributed by atoms with Gasteiger partial charge in [-0.05, 0) is 23.7 Å². The van der Waals surface area contributed by atoms with Crippen molar-refractivity contribution in [1.82, 2.24) is 0 Å². The second kappa shape index (κ2) is 7.31. The SMILES string of the molecule is CCCC(C)C(C(C)C)C(C)CCC. The third-order valence-electron chi connectivity index (χ3n) is 3.57. The standard InChI is InChI=1S/C14H30/c1-7-9-12(5)14(11(3)4)13(6)10-8-2/h11-14H,7-10H2,1-6H3. The van der Waals surface area contributed by atoms with Crippen LogP contribution in [0.3, 0.4) is 0 Å². The number of hydrogen-bond donors (Lipinski definition) is 0. The zero-order valence-corrected chi connectivity index (χ0v) is 11.1. The molecule has 0 heteroatoms. The molecule has 0 rings (SSSR count). The van der Waals surface area contributed by atoms with E-state index in [2.05, 4.69) is 41.5 Å². The normalized spacial score (nSPS) is 18.2. The van der Waals surface area contributed by atoms with Gasteiger partial charge in [0.1, 0.15) is 0 Å². The molecule has 0 aliphatic heterocycles. The smallest absolute Gasteiger partial charge is 0.0340 e. The van der Waals surface area contributed by atoms with Crippen LogP contribution in [0.1, 0.15) is 67.2 Å². The van der Waals surface area contributed by atoms with Crippen molar-refractivity contribution in [2.24, 2.45) is 23.7 Å². The third-order valence-corrected chi connectivity index (χ3v) is 3.57. The molecule has 0 spiro atoms. The molecule has 2 unspecified atom stereocenters. The van der Waals surface area contributed by atoms with E-state index in [4.69, 9.17) is 0 Å². The van der Waals surface area contributed by atoms with Gasteiger partial charge in [0.2, 0.25) is 0 Å². The summed E-state index contributed by atoms with van der Waals surface area (Å²) in [6, 6.07) is 0. The Morgan fingerprint density at radius 1 is 0.714 bits per heavy atom. The van der Waals surface area contributed by atoms with Crippen molar-refractivity contribution in [2.75, 3.05) is 0 Å². The monoisotopic (exact) mass is 198 g/mol. The van der Waals surface area contributed by atoms with E-state index in [1.165, 1.54) is 25.7 Å². The molecule has 0 amide bonds. The van der Waals surface area contributed by atoms with E-state index in [-0.39, 0.29) is 0 Å². The van der Waals surface area contributed by atoms with Crippen molar-refractivity contribution in [3.8, 4) is 0 Å². The molecule has 0 nitrogen and oxygen atoms in total. The van der Waals surface area contributed by atoms with Gasteiger partial charge in [-0.25, -0.2) is 0 Å². The Bertz CT molecular complexity index is 114. The van der Waals surface area contributed by atoms with Crippen molar-refractivity contribution < 1.29 is 0 Å². The lowest BCUT2D eigenvalue weighted by Gasteiger charge is -2.33. The average molecular weight is 198 g/mol. The summed E-state index contributed by atoms with van der Waals surface area (Å²) in [4.78, 5) is 0. The Balaban J connectivity index is 4.26. The van der Waals surface area contributed by atoms with Crippen molar-refractivity contribution in [3.63, 3.8) is 0 Å². The van der Waals surface area contributed by atoms with E-state index >= 15 is 0 Å². The van der Waals surface area contributed by atoms with E-state index in [9.17, 15) is 0 Å². The van der Waals surface area contributed by atoms with Crippen LogP contribution in [-0.2, 0) is 0 Å². The first-order chi connectivity index (χ1) is 6.54. The molecule has 0 aromatic carbocycles. The highest BCUT2D eigenvalue weighted by Gasteiger charge is 2.25. The molecule has 0 aromatic heterocycles. The minimum atomic E-state index is 0.845. The predicted molar refractivity (Wildman–Crippen MR) is 66.5 cm³/mol. The van der Waals surface area contributed by atoms with Crippen LogP contribution < -0.4 is 0 Å². The molecule has 0 aliphatic carbocycles. The molecule has 14 heavy (non-hydrogen) atoms. The Morgan fingerprint density at radius 2 is 1.07 bits per heavy atom. The molecule has 86 valence electrons. The van der Waals surface area contributed by atoms with Gasteiger partial charge in [-0.15, -0.1) is 0 Å². The minimum Gasteiger partial charge on any atom is -0.0654 e. The first-order valence-electron chi connectivity index (χ1n) is 6.54. The molecule has 2 atom stereocenters. The van der Waals surface area contributed by atoms with Crippen LogP contribution in [0.2, 0.25) is 0 Å². The van der Waals surface area contributed by atoms with Crippen molar-refractivity contribution in [1.29, 1.82) is 0 Å². The number of hydrogen-bond acceptors (Lipinski definition) is 0. The highest BCUT2D eigenvalue weighted by molar-refractivity contribution is 4.74. The second-order valence-corrected chi connectivity index (χ2v) is 5.35. The summed E-state index contributed by atoms with van der Waals surface area (Å²) < 4.78 is 0.